The van der Waals surface area contributed by atoms with Crippen molar-refractivity contribution in [2.75, 3.05) is 0 Å². The number of fused-ring (bicyclic) bond motifs is 5. The fourth-order valence-corrected chi connectivity index (χ4v) is 7.79. The first-order valence-electron chi connectivity index (χ1n) is 11.1. The molecule has 4 aliphatic rings. The SMILES string of the molecule is C[C@@]12CCC[C@H]1[C@@H]1CC(Oc3ccc(Cl)cc3)C3CCC=C[C@]3(C)[C@@H]1CC2. The van der Waals surface area contributed by atoms with Crippen molar-refractivity contribution in [2.45, 2.75) is 71.3 Å². The first kappa shape index (κ1) is 18.1. The summed E-state index contributed by atoms with van der Waals surface area (Å²) < 4.78 is 6.68. The summed E-state index contributed by atoms with van der Waals surface area (Å²) in [5.74, 6) is 4.21. The molecular weight excluding hydrogens is 352 g/mol. The van der Waals surface area contributed by atoms with Crippen molar-refractivity contribution in [1.29, 1.82) is 0 Å². The minimum atomic E-state index is 0.308. The largest absolute Gasteiger partial charge is 0.490 e. The van der Waals surface area contributed by atoms with Crippen LogP contribution in [0.4, 0.5) is 0 Å². The van der Waals surface area contributed by atoms with Crippen molar-refractivity contribution in [3.63, 3.8) is 0 Å². The molecule has 0 aliphatic heterocycles. The predicted molar refractivity (Wildman–Crippen MR) is 112 cm³/mol. The van der Waals surface area contributed by atoms with Crippen molar-refractivity contribution >= 4 is 11.6 Å². The van der Waals surface area contributed by atoms with Gasteiger partial charge in [-0.25, -0.2) is 0 Å². The summed E-state index contributed by atoms with van der Waals surface area (Å²) in [7, 11) is 0. The molecule has 0 radical (unpaired) electrons. The van der Waals surface area contributed by atoms with Crippen LogP contribution in [-0.2, 0) is 0 Å². The minimum Gasteiger partial charge on any atom is -0.490 e. The Hall–Kier alpha value is -0.950. The van der Waals surface area contributed by atoms with Crippen molar-refractivity contribution < 1.29 is 4.74 Å². The Morgan fingerprint density at radius 1 is 0.963 bits per heavy atom. The molecule has 0 N–H and O–H groups in total. The Morgan fingerprint density at radius 2 is 1.78 bits per heavy atom. The maximum atomic E-state index is 6.68. The van der Waals surface area contributed by atoms with Crippen LogP contribution in [0.15, 0.2) is 36.4 Å². The standard InChI is InChI=1S/C25H33ClO/c1-24-13-5-7-20(24)19-16-23(27-18-10-8-17(26)9-11-18)22-6-3-4-14-25(22,2)21(19)12-15-24/h4,8-11,14,19-23H,3,5-7,12-13,15-16H2,1-2H3/t19-,20-,21+,22?,23?,24-,25+/m0/s1. The molecular formula is C25H33ClO. The van der Waals surface area contributed by atoms with Gasteiger partial charge in [0.05, 0.1) is 0 Å². The lowest BCUT2D eigenvalue weighted by Gasteiger charge is -2.60. The number of allylic oxidation sites excluding steroid dienone is 2. The van der Waals surface area contributed by atoms with E-state index in [1.54, 1.807) is 0 Å². The van der Waals surface area contributed by atoms with Gasteiger partial charge in [0.25, 0.3) is 0 Å². The molecule has 0 saturated heterocycles. The van der Waals surface area contributed by atoms with E-state index in [2.05, 4.69) is 26.0 Å². The van der Waals surface area contributed by atoms with E-state index in [4.69, 9.17) is 16.3 Å². The molecule has 1 aromatic carbocycles. The molecule has 3 saturated carbocycles. The molecule has 0 bridgehead atoms. The Kier molecular flexibility index (Phi) is 4.39. The van der Waals surface area contributed by atoms with Gasteiger partial charge in [-0.3, -0.25) is 0 Å². The van der Waals surface area contributed by atoms with Gasteiger partial charge in [0.15, 0.2) is 0 Å². The molecule has 2 heteroatoms. The van der Waals surface area contributed by atoms with Gasteiger partial charge in [-0.05, 0) is 97.8 Å². The zero-order valence-electron chi connectivity index (χ0n) is 16.8. The van der Waals surface area contributed by atoms with Crippen molar-refractivity contribution in [1.82, 2.24) is 0 Å². The molecule has 4 aliphatic carbocycles. The highest BCUT2D eigenvalue weighted by molar-refractivity contribution is 6.30. The fourth-order valence-electron chi connectivity index (χ4n) is 7.66. The molecule has 3 fully saturated rings. The highest BCUT2D eigenvalue weighted by Crippen LogP contribution is 2.65. The van der Waals surface area contributed by atoms with Crippen LogP contribution in [0.2, 0.25) is 5.02 Å². The van der Waals surface area contributed by atoms with Crippen LogP contribution in [0.5, 0.6) is 5.75 Å². The number of hydrogen-bond acceptors (Lipinski definition) is 1. The lowest BCUT2D eigenvalue weighted by molar-refractivity contribution is -0.115. The molecule has 0 spiro atoms. The summed E-state index contributed by atoms with van der Waals surface area (Å²) in [6.45, 7) is 5.14. The van der Waals surface area contributed by atoms with E-state index in [1.807, 2.05) is 24.3 Å². The van der Waals surface area contributed by atoms with Crippen molar-refractivity contribution in [2.24, 2.45) is 34.5 Å². The molecule has 146 valence electrons. The van der Waals surface area contributed by atoms with Crippen molar-refractivity contribution in [3.05, 3.63) is 41.4 Å². The predicted octanol–water partition coefficient (Wildman–Crippen LogP) is 7.30. The second-order valence-electron chi connectivity index (χ2n) is 10.3. The Morgan fingerprint density at radius 3 is 2.59 bits per heavy atom. The van der Waals surface area contributed by atoms with Crippen LogP contribution in [-0.4, -0.2) is 6.10 Å². The molecule has 27 heavy (non-hydrogen) atoms. The topological polar surface area (TPSA) is 9.23 Å². The van der Waals surface area contributed by atoms with Crippen LogP contribution in [0, 0.1) is 34.5 Å². The van der Waals surface area contributed by atoms with E-state index in [9.17, 15) is 0 Å². The number of rotatable bonds is 2. The lowest BCUT2D eigenvalue weighted by Crippen LogP contribution is -2.56. The van der Waals surface area contributed by atoms with Crippen LogP contribution in [0.25, 0.3) is 0 Å². The van der Waals surface area contributed by atoms with Gasteiger partial charge in [0.1, 0.15) is 11.9 Å². The van der Waals surface area contributed by atoms with E-state index in [1.165, 1.54) is 51.4 Å². The minimum absolute atomic E-state index is 0.308. The van der Waals surface area contributed by atoms with Gasteiger partial charge >= 0.3 is 0 Å². The number of ether oxygens (including phenoxy) is 1. The maximum absolute atomic E-state index is 6.68. The van der Waals surface area contributed by atoms with Gasteiger partial charge in [-0.2, -0.15) is 0 Å². The van der Waals surface area contributed by atoms with Gasteiger partial charge in [0, 0.05) is 10.9 Å². The van der Waals surface area contributed by atoms with E-state index in [-0.39, 0.29) is 0 Å². The molecule has 1 aromatic rings. The summed E-state index contributed by atoms with van der Waals surface area (Å²) in [6, 6.07) is 8.00. The molecule has 2 unspecified atom stereocenters. The smallest absolute Gasteiger partial charge is 0.119 e. The van der Waals surface area contributed by atoms with Crippen molar-refractivity contribution in [3.8, 4) is 5.75 Å². The summed E-state index contributed by atoms with van der Waals surface area (Å²) in [4.78, 5) is 0. The number of benzene rings is 1. The lowest BCUT2D eigenvalue weighted by atomic mass is 9.46. The van der Waals surface area contributed by atoms with E-state index in [0.29, 0.717) is 22.9 Å². The average Bonchev–Trinajstić information content (AvgIpc) is 3.05. The second kappa shape index (κ2) is 6.55. The molecule has 0 aromatic heterocycles. The van der Waals surface area contributed by atoms with Crippen LogP contribution in [0.3, 0.4) is 0 Å². The van der Waals surface area contributed by atoms with E-state index >= 15 is 0 Å². The normalized spacial score (nSPS) is 45.7. The van der Waals surface area contributed by atoms with Gasteiger partial charge in [0.2, 0.25) is 0 Å². The summed E-state index contributed by atoms with van der Waals surface area (Å²) in [6.07, 6.45) is 16.3. The molecule has 7 atom stereocenters. The maximum Gasteiger partial charge on any atom is 0.119 e. The highest BCUT2D eigenvalue weighted by Gasteiger charge is 2.59. The summed E-state index contributed by atoms with van der Waals surface area (Å²) in [5, 5.41) is 0.783. The first-order chi connectivity index (χ1) is 13.0. The summed E-state index contributed by atoms with van der Waals surface area (Å²) in [5.41, 5.74) is 0.899. The highest BCUT2D eigenvalue weighted by atomic mass is 35.5. The van der Waals surface area contributed by atoms with Crippen LogP contribution < -0.4 is 4.74 Å². The molecule has 0 heterocycles. The number of hydrogen-bond donors (Lipinski definition) is 0. The Labute approximate surface area is 169 Å². The molecule has 0 amide bonds. The average molecular weight is 385 g/mol. The molecule has 5 rings (SSSR count). The third-order valence-electron chi connectivity index (χ3n) is 8.99. The monoisotopic (exact) mass is 384 g/mol. The zero-order chi connectivity index (χ0) is 18.6. The zero-order valence-corrected chi connectivity index (χ0v) is 17.5. The Balaban J connectivity index is 1.48. The fraction of sp³-hybridized carbons (Fsp3) is 0.680. The van der Waals surface area contributed by atoms with Crippen LogP contribution >= 0.6 is 11.6 Å². The van der Waals surface area contributed by atoms with Gasteiger partial charge < -0.3 is 4.74 Å². The Bertz CT molecular complexity index is 724. The van der Waals surface area contributed by atoms with E-state index in [0.717, 1.165) is 28.5 Å². The third kappa shape index (κ3) is 2.87. The third-order valence-corrected chi connectivity index (χ3v) is 9.24. The van der Waals surface area contributed by atoms with Gasteiger partial charge in [-0.1, -0.05) is 44.0 Å². The molecule has 1 nitrogen and oxygen atoms in total. The quantitative estimate of drug-likeness (QED) is 0.486. The van der Waals surface area contributed by atoms with E-state index < -0.39 is 0 Å². The number of halogens is 1. The first-order valence-corrected chi connectivity index (χ1v) is 11.5. The second-order valence-corrected chi connectivity index (χ2v) is 10.7. The van der Waals surface area contributed by atoms with Crippen LogP contribution in [0.1, 0.15) is 65.2 Å². The summed E-state index contributed by atoms with van der Waals surface area (Å²) >= 11 is 6.09. The van der Waals surface area contributed by atoms with Gasteiger partial charge in [-0.15, -0.1) is 0 Å².